The van der Waals surface area contributed by atoms with Gasteiger partial charge in [-0.05, 0) is 31.2 Å². The topological polar surface area (TPSA) is 97.7 Å². The highest BCUT2D eigenvalue weighted by Gasteiger charge is 2.50. The van der Waals surface area contributed by atoms with Crippen LogP contribution in [0, 0.1) is 0 Å². The first-order chi connectivity index (χ1) is 12.0. The van der Waals surface area contributed by atoms with Crippen LogP contribution in [-0.2, 0) is 16.9 Å². The lowest BCUT2D eigenvalue weighted by atomic mass is 9.99. The Kier molecular flexibility index (Phi) is 3.28. The fourth-order valence-corrected chi connectivity index (χ4v) is 3.06. The third-order valence-electron chi connectivity index (χ3n) is 4.41. The minimum absolute atomic E-state index is 0.0460. The largest absolute Gasteiger partial charge is 0.466 e. The number of carbonyl (C=O) groups excluding carboxylic acids is 2. The third-order valence-corrected chi connectivity index (χ3v) is 4.41. The van der Waals surface area contributed by atoms with Gasteiger partial charge in [0.2, 0.25) is 0 Å². The quantitative estimate of drug-likeness (QED) is 0.728. The fraction of sp³-hybridized carbons (Fsp3) is 0.235. The Morgan fingerprint density at radius 1 is 1.08 bits per heavy atom. The van der Waals surface area contributed by atoms with Gasteiger partial charge in [-0.25, -0.2) is 9.59 Å². The number of rotatable bonds is 4. The molecule has 3 heterocycles. The second kappa shape index (κ2) is 5.37. The summed E-state index contributed by atoms with van der Waals surface area (Å²) in [4.78, 5) is 38.0. The van der Waals surface area contributed by atoms with Gasteiger partial charge in [0.1, 0.15) is 5.76 Å². The number of aromatic nitrogens is 1. The minimum atomic E-state index is -1.25. The molecule has 0 aliphatic carbocycles. The first-order valence-electron chi connectivity index (χ1n) is 7.77. The van der Waals surface area contributed by atoms with Gasteiger partial charge in [0, 0.05) is 13.1 Å². The van der Waals surface area contributed by atoms with Gasteiger partial charge < -0.3 is 14.2 Å². The van der Waals surface area contributed by atoms with Crippen molar-refractivity contribution in [3.63, 3.8) is 0 Å². The van der Waals surface area contributed by atoms with Crippen molar-refractivity contribution >= 4 is 23.0 Å². The highest BCUT2D eigenvalue weighted by Crippen LogP contribution is 2.29. The average molecular weight is 341 g/mol. The highest BCUT2D eigenvalue weighted by atomic mass is 16.4. The summed E-state index contributed by atoms with van der Waals surface area (Å²) < 4.78 is 11.8. The normalized spacial score (nSPS) is 20.4. The Morgan fingerprint density at radius 3 is 2.64 bits per heavy atom. The van der Waals surface area contributed by atoms with Gasteiger partial charge in [0.25, 0.3) is 5.91 Å². The number of carbonyl (C=O) groups is 2. The van der Waals surface area contributed by atoms with E-state index in [1.165, 1.54) is 10.8 Å². The molecule has 4 rings (SSSR count). The van der Waals surface area contributed by atoms with Gasteiger partial charge >= 0.3 is 11.8 Å². The number of fused-ring (bicyclic) bond motifs is 1. The predicted octanol–water partition coefficient (Wildman–Crippen LogP) is 1.65. The first-order valence-corrected chi connectivity index (χ1v) is 7.77. The maximum Gasteiger partial charge on any atom is 0.420 e. The van der Waals surface area contributed by atoms with Crippen molar-refractivity contribution in [3.8, 4) is 0 Å². The number of benzene rings is 1. The summed E-state index contributed by atoms with van der Waals surface area (Å²) in [6.07, 6.45) is 1.44. The van der Waals surface area contributed by atoms with E-state index < -0.39 is 23.2 Å². The maximum absolute atomic E-state index is 12.7. The smallest absolute Gasteiger partial charge is 0.420 e. The van der Waals surface area contributed by atoms with Gasteiger partial charge in [-0.1, -0.05) is 12.1 Å². The molecule has 0 spiro atoms. The van der Waals surface area contributed by atoms with Crippen LogP contribution >= 0.6 is 0 Å². The molecule has 8 nitrogen and oxygen atoms in total. The van der Waals surface area contributed by atoms with E-state index >= 15 is 0 Å². The lowest BCUT2D eigenvalue weighted by molar-refractivity contribution is -0.131. The molecular weight excluding hydrogens is 326 g/mol. The molecule has 2 aromatic heterocycles. The van der Waals surface area contributed by atoms with Crippen molar-refractivity contribution in [2.45, 2.75) is 19.0 Å². The van der Waals surface area contributed by atoms with Gasteiger partial charge in [-0.15, -0.1) is 0 Å². The van der Waals surface area contributed by atoms with E-state index in [-0.39, 0.29) is 13.1 Å². The first kappa shape index (κ1) is 15.3. The summed E-state index contributed by atoms with van der Waals surface area (Å²) in [5, 5.41) is 2.65. The second-order valence-electron chi connectivity index (χ2n) is 5.98. The molecule has 3 amide bonds. The van der Waals surface area contributed by atoms with E-state index in [0.717, 1.165) is 4.90 Å². The number of nitrogens with one attached hydrogen (secondary N) is 1. The number of amides is 3. The van der Waals surface area contributed by atoms with Crippen LogP contribution in [0.25, 0.3) is 11.1 Å². The molecule has 0 bridgehead atoms. The lowest BCUT2D eigenvalue weighted by Gasteiger charge is -2.19. The molecule has 0 radical (unpaired) electrons. The summed E-state index contributed by atoms with van der Waals surface area (Å²) in [7, 11) is 0. The van der Waals surface area contributed by atoms with E-state index in [2.05, 4.69) is 5.32 Å². The lowest BCUT2D eigenvalue weighted by Crippen LogP contribution is -2.41. The van der Waals surface area contributed by atoms with Crippen LogP contribution in [0.2, 0.25) is 0 Å². The standard InChI is InChI=1S/C17H15N3O5/c1-17(13-7-4-10-24-13)14(21)20(15(22)18-17)9-8-19-11-5-2-3-6-12(11)25-16(19)23/h2-7,10H,8-9H2,1H3,(H,18,22). The van der Waals surface area contributed by atoms with Crippen LogP contribution in [0.15, 0.2) is 56.3 Å². The highest BCUT2D eigenvalue weighted by molar-refractivity contribution is 6.06. The fourth-order valence-electron chi connectivity index (χ4n) is 3.06. The Labute approximate surface area is 141 Å². The third kappa shape index (κ3) is 2.25. The van der Waals surface area contributed by atoms with Crippen LogP contribution in [-0.4, -0.2) is 28.0 Å². The zero-order chi connectivity index (χ0) is 17.6. The molecule has 1 aliphatic rings. The number of imide groups is 1. The maximum atomic E-state index is 12.7. The molecule has 3 aromatic rings. The second-order valence-corrected chi connectivity index (χ2v) is 5.98. The molecule has 1 fully saturated rings. The number of hydrogen-bond donors (Lipinski definition) is 1. The molecule has 0 saturated carbocycles. The molecule has 1 saturated heterocycles. The van der Waals surface area contributed by atoms with Crippen LogP contribution in [0.4, 0.5) is 4.79 Å². The van der Waals surface area contributed by atoms with E-state index in [9.17, 15) is 14.4 Å². The van der Waals surface area contributed by atoms with Crippen molar-refractivity contribution in [3.05, 3.63) is 59.0 Å². The molecular formula is C17H15N3O5. The summed E-state index contributed by atoms with van der Waals surface area (Å²) in [5.41, 5.74) is -0.164. The Balaban J connectivity index is 1.59. The van der Waals surface area contributed by atoms with Crippen molar-refractivity contribution < 1.29 is 18.4 Å². The van der Waals surface area contributed by atoms with E-state index in [0.29, 0.717) is 16.9 Å². The number of nitrogens with zero attached hydrogens (tertiary/aromatic N) is 2. The molecule has 1 atom stereocenters. The SMILES string of the molecule is CC1(c2ccco2)NC(=O)N(CCn2c(=O)oc3ccccc32)C1=O. The van der Waals surface area contributed by atoms with E-state index in [4.69, 9.17) is 8.83 Å². The van der Waals surface area contributed by atoms with Crippen molar-refractivity contribution in [2.75, 3.05) is 6.54 Å². The van der Waals surface area contributed by atoms with Gasteiger partial charge in [-0.3, -0.25) is 14.3 Å². The van der Waals surface area contributed by atoms with Crippen LogP contribution in [0.5, 0.6) is 0 Å². The van der Waals surface area contributed by atoms with E-state index in [1.54, 1.807) is 43.3 Å². The molecule has 1 N–H and O–H groups in total. The summed E-state index contributed by atoms with van der Waals surface area (Å²) in [6, 6.07) is 9.76. The zero-order valence-electron chi connectivity index (χ0n) is 13.4. The summed E-state index contributed by atoms with van der Waals surface area (Å²) in [5.74, 6) is -0.588. The van der Waals surface area contributed by atoms with Crippen LogP contribution < -0.4 is 11.1 Å². The number of oxazole rings is 1. The van der Waals surface area contributed by atoms with Crippen LogP contribution in [0.1, 0.15) is 12.7 Å². The number of furan rings is 1. The average Bonchev–Trinajstić information content (AvgIpc) is 3.27. The molecule has 128 valence electrons. The number of hydrogen-bond acceptors (Lipinski definition) is 5. The van der Waals surface area contributed by atoms with E-state index in [1.807, 2.05) is 0 Å². The Hall–Kier alpha value is -3.29. The summed E-state index contributed by atoms with van der Waals surface area (Å²) in [6.45, 7) is 1.78. The zero-order valence-corrected chi connectivity index (χ0v) is 13.4. The number of para-hydroxylation sites is 2. The van der Waals surface area contributed by atoms with Gasteiger partial charge in [-0.2, -0.15) is 0 Å². The Bertz CT molecular complexity index is 1020. The summed E-state index contributed by atoms with van der Waals surface area (Å²) >= 11 is 0. The van der Waals surface area contributed by atoms with Gasteiger partial charge in [0.15, 0.2) is 11.1 Å². The minimum Gasteiger partial charge on any atom is -0.466 e. The molecule has 1 aromatic carbocycles. The van der Waals surface area contributed by atoms with Crippen LogP contribution in [0.3, 0.4) is 0 Å². The van der Waals surface area contributed by atoms with Gasteiger partial charge in [0.05, 0.1) is 11.8 Å². The molecule has 1 aliphatic heterocycles. The molecule has 1 unspecified atom stereocenters. The predicted molar refractivity (Wildman–Crippen MR) is 86.8 cm³/mol. The molecule has 25 heavy (non-hydrogen) atoms. The van der Waals surface area contributed by atoms with Crippen molar-refractivity contribution in [2.24, 2.45) is 0 Å². The Morgan fingerprint density at radius 2 is 1.88 bits per heavy atom. The van der Waals surface area contributed by atoms with Crippen molar-refractivity contribution in [1.29, 1.82) is 0 Å². The monoisotopic (exact) mass is 341 g/mol. The van der Waals surface area contributed by atoms with Crippen molar-refractivity contribution in [1.82, 2.24) is 14.8 Å². The molecule has 8 heteroatoms. The number of urea groups is 1.